The molecule has 1 aromatic heterocycles. The number of benzene rings is 1. The van der Waals surface area contributed by atoms with Crippen molar-refractivity contribution in [3.8, 4) is 0 Å². The van der Waals surface area contributed by atoms with Crippen LogP contribution in [0.25, 0.3) is 0 Å². The predicted octanol–water partition coefficient (Wildman–Crippen LogP) is 2.23. The van der Waals surface area contributed by atoms with Crippen molar-refractivity contribution in [1.29, 1.82) is 0 Å². The third kappa shape index (κ3) is 6.78. The van der Waals surface area contributed by atoms with Gasteiger partial charge in [-0.2, -0.15) is 5.10 Å². The minimum atomic E-state index is 0.0385. The maximum absolute atomic E-state index is 11.8. The third-order valence-corrected chi connectivity index (χ3v) is 4.97. The largest absolute Gasteiger partial charge is 0.377 e. The number of carbonyl (C=O) groups excluding carboxylic acids is 1. The average Bonchev–Trinajstić information content (AvgIpc) is 3.14. The van der Waals surface area contributed by atoms with Crippen molar-refractivity contribution in [2.75, 3.05) is 19.0 Å². The molecular weight excluding hydrogens is 394 g/mol. The van der Waals surface area contributed by atoms with Gasteiger partial charge in [0.15, 0.2) is 11.8 Å². The number of amides is 1. The number of fused-ring (bicyclic) bond motifs is 1. The van der Waals surface area contributed by atoms with Gasteiger partial charge in [0, 0.05) is 38.2 Å². The first-order valence-electron chi connectivity index (χ1n) is 11.0. The van der Waals surface area contributed by atoms with Crippen LogP contribution in [0.4, 0.5) is 5.69 Å². The maximum atomic E-state index is 11.8. The molecule has 0 fully saturated rings. The summed E-state index contributed by atoms with van der Waals surface area (Å²) in [5.74, 6) is 2.55. The summed E-state index contributed by atoms with van der Waals surface area (Å²) in [5.41, 5.74) is 1.85. The number of rotatable bonds is 9. The second kappa shape index (κ2) is 11.5. The summed E-state index contributed by atoms with van der Waals surface area (Å²) in [6.07, 6.45) is 3.19. The molecule has 2 heterocycles. The first-order chi connectivity index (χ1) is 15.1. The molecule has 9 heteroatoms. The van der Waals surface area contributed by atoms with Crippen molar-refractivity contribution >= 4 is 17.6 Å². The van der Waals surface area contributed by atoms with Gasteiger partial charge in [-0.15, -0.1) is 0 Å². The number of nitrogens with one attached hydrogen (secondary N) is 3. The Labute approximate surface area is 183 Å². The number of ether oxygens (including phenoxy) is 1. The second-order valence-corrected chi connectivity index (χ2v) is 7.63. The van der Waals surface area contributed by atoms with Crippen LogP contribution in [0.3, 0.4) is 0 Å². The van der Waals surface area contributed by atoms with Crippen LogP contribution in [0.5, 0.6) is 0 Å². The smallest absolute Gasteiger partial charge is 0.224 e. The first kappa shape index (κ1) is 22.7. The molecule has 1 aromatic carbocycles. The molecule has 1 aliphatic heterocycles. The molecule has 0 aliphatic carbocycles. The lowest BCUT2D eigenvalue weighted by molar-refractivity contribution is -0.116. The van der Waals surface area contributed by atoms with Crippen LogP contribution < -0.4 is 16.0 Å². The third-order valence-electron chi connectivity index (χ3n) is 4.97. The van der Waals surface area contributed by atoms with E-state index in [0.717, 1.165) is 61.2 Å². The molecule has 1 amide bonds. The Balaban J connectivity index is 1.61. The van der Waals surface area contributed by atoms with E-state index in [0.29, 0.717) is 19.6 Å². The van der Waals surface area contributed by atoms with E-state index in [9.17, 15) is 4.79 Å². The number of methoxy groups -OCH3 is 1. The van der Waals surface area contributed by atoms with E-state index in [1.54, 1.807) is 7.11 Å². The molecule has 168 valence electrons. The first-order valence-corrected chi connectivity index (χ1v) is 11.0. The molecule has 1 unspecified atom stereocenters. The number of guanidine groups is 1. The Morgan fingerprint density at radius 2 is 2.23 bits per heavy atom. The summed E-state index contributed by atoms with van der Waals surface area (Å²) in [7, 11) is 1.65. The molecule has 0 saturated carbocycles. The van der Waals surface area contributed by atoms with E-state index >= 15 is 0 Å². The Kier molecular flexibility index (Phi) is 8.40. The van der Waals surface area contributed by atoms with Crippen LogP contribution in [-0.4, -0.2) is 46.3 Å². The van der Waals surface area contributed by atoms with Crippen molar-refractivity contribution in [2.45, 2.75) is 65.3 Å². The number of hydrogen-bond donors (Lipinski definition) is 3. The van der Waals surface area contributed by atoms with Gasteiger partial charge in [-0.3, -0.25) is 4.79 Å². The van der Waals surface area contributed by atoms with Crippen molar-refractivity contribution in [2.24, 2.45) is 4.99 Å². The van der Waals surface area contributed by atoms with E-state index in [4.69, 9.17) is 9.73 Å². The van der Waals surface area contributed by atoms with Gasteiger partial charge >= 0.3 is 0 Å². The lowest BCUT2D eigenvalue weighted by atomic mass is 10.1. The predicted molar refractivity (Wildman–Crippen MR) is 121 cm³/mol. The molecule has 0 spiro atoms. The van der Waals surface area contributed by atoms with Crippen molar-refractivity contribution in [1.82, 2.24) is 25.4 Å². The fourth-order valence-corrected chi connectivity index (χ4v) is 3.55. The highest BCUT2D eigenvalue weighted by molar-refractivity contribution is 5.90. The summed E-state index contributed by atoms with van der Waals surface area (Å²) in [5, 5.41) is 14.3. The van der Waals surface area contributed by atoms with Gasteiger partial charge < -0.3 is 20.7 Å². The van der Waals surface area contributed by atoms with E-state index < -0.39 is 0 Å². The van der Waals surface area contributed by atoms with Gasteiger partial charge in [0.2, 0.25) is 5.91 Å². The molecule has 3 N–H and O–H groups in total. The van der Waals surface area contributed by atoms with Crippen molar-refractivity contribution in [3.63, 3.8) is 0 Å². The molecule has 9 nitrogen and oxygen atoms in total. The normalized spacial score (nSPS) is 16.0. The Morgan fingerprint density at radius 3 is 3.00 bits per heavy atom. The number of aliphatic imine (C=N–C) groups is 1. The van der Waals surface area contributed by atoms with Crippen molar-refractivity contribution in [3.05, 3.63) is 41.5 Å². The fraction of sp³-hybridized carbons (Fsp3) is 0.545. The van der Waals surface area contributed by atoms with E-state index in [2.05, 4.69) is 33.0 Å². The minimum Gasteiger partial charge on any atom is -0.377 e. The summed E-state index contributed by atoms with van der Waals surface area (Å²) >= 11 is 0. The molecule has 1 atom stereocenters. The number of nitrogens with zero attached hydrogens (tertiary/aromatic N) is 4. The molecule has 31 heavy (non-hydrogen) atoms. The zero-order chi connectivity index (χ0) is 22.1. The second-order valence-electron chi connectivity index (χ2n) is 7.63. The fourth-order valence-electron chi connectivity index (χ4n) is 3.55. The van der Waals surface area contributed by atoms with Crippen LogP contribution >= 0.6 is 0 Å². The maximum Gasteiger partial charge on any atom is 0.224 e. The average molecular weight is 428 g/mol. The summed E-state index contributed by atoms with van der Waals surface area (Å²) in [6.45, 7) is 6.52. The zero-order valence-corrected chi connectivity index (χ0v) is 18.6. The van der Waals surface area contributed by atoms with Gasteiger partial charge in [-0.25, -0.2) is 14.7 Å². The highest BCUT2D eigenvalue weighted by Gasteiger charge is 2.22. The lowest BCUT2D eigenvalue weighted by Gasteiger charge is -2.25. The molecule has 2 aromatic rings. The Hall–Kier alpha value is -2.94. The quantitative estimate of drug-likeness (QED) is 0.419. The SMILES string of the molecule is CCCC(=O)Nc1cccc(CN=C(NCC)NC2CCc3nc(COC)nn3C2)c1. The highest BCUT2D eigenvalue weighted by atomic mass is 16.5. The van der Waals surface area contributed by atoms with E-state index in [-0.39, 0.29) is 11.9 Å². The number of aromatic nitrogens is 3. The topological polar surface area (TPSA) is 105 Å². The molecule has 1 aliphatic rings. The van der Waals surface area contributed by atoms with Crippen LogP contribution in [-0.2, 0) is 35.6 Å². The van der Waals surface area contributed by atoms with Gasteiger partial charge in [0.05, 0.1) is 13.1 Å². The van der Waals surface area contributed by atoms with E-state index in [1.165, 1.54) is 0 Å². The number of hydrogen-bond acceptors (Lipinski definition) is 5. The monoisotopic (exact) mass is 427 g/mol. The van der Waals surface area contributed by atoms with Gasteiger partial charge in [-0.05, 0) is 37.5 Å². The molecule has 0 bridgehead atoms. The Morgan fingerprint density at radius 1 is 1.35 bits per heavy atom. The summed E-state index contributed by atoms with van der Waals surface area (Å²) in [6, 6.07) is 8.06. The lowest BCUT2D eigenvalue weighted by Crippen LogP contribution is -2.47. The summed E-state index contributed by atoms with van der Waals surface area (Å²) in [4.78, 5) is 21.1. The van der Waals surface area contributed by atoms with Gasteiger partial charge in [0.25, 0.3) is 0 Å². The molecular formula is C22H33N7O2. The number of anilines is 1. The van der Waals surface area contributed by atoms with Gasteiger partial charge in [-0.1, -0.05) is 19.1 Å². The van der Waals surface area contributed by atoms with Crippen LogP contribution in [0.2, 0.25) is 0 Å². The van der Waals surface area contributed by atoms with Crippen LogP contribution in [0.15, 0.2) is 29.3 Å². The standard InChI is InChI=1S/C22H33N7O2/c1-4-7-21(30)25-17-9-6-8-16(12-17)13-24-22(23-5-2)26-18-10-11-20-27-19(15-31-3)28-29(20)14-18/h6,8-9,12,18H,4-5,7,10-11,13-15H2,1-3H3,(H,25,30)(H2,23,24,26). The summed E-state index contributed by atoms with van der Waals surface area (Å²) < 4.78 is 7.10. The van der Waals surface area contributed by atoms with Crippen LogP contribution in [0, 0.1) is 0 Å². The minimum absolute atomic E-state index is 0.0385. The molecule has 0 saturated heterocycles. The number of aryl methyl sites for hydroxylation is 1. The van der Waals surface area contributed by atoms with Crippen molar-refractivity contribution < 1.29 is 9.53 Å². The highest BCUT2D eigenvalue weighted by Crippen LogP contribution is 2.14. The molecule has 0 radical (unpaired) electrons. The van der Waals surface area contributed by atoms with Crippen LogP contribution in [0.1, 0.15) is 50.3 Å². The zero-order valence-electron chi connectivity index (χ0n) is 18.6. The number of carbonyl (C=O) groups is 1. The Bertz CT molecular complexity index is 894. The molecule has 3 rings (SSSR count). The van der Waals surface area contributed by atoms with E-state index in [1.807, 2.05) is 35.9 Å². The van der Waals surface area contributed by atoms with Gasteiger partial charge in [0.1, 0.15) is 12.4 Å².